The minimum atomic E-state index is -0.318. The average molecular weight is 479 g/mol. The Balaban J connectivity index is 1.82. The minimum Gasteiger partial charge on any atom is -0.466 e. The van der Waals surface area contributed by atoms with Crippen LogP contribution in [0.2, 0.25) is 0 Å². The predicted octanol–water partition coefficient (Wildman–Crippen LogP) is 8.11. The van der Waals surface area contributed by atoms with Crippen LogP contribution < -0.4 is 0 Å². The zero-order chi connectivity index (χ0) is 24.7. The lowest BCUT2D eigenvalue weighted by molar-refractivity contribution is -0.145. The molecule has 0 bridgehead atoms. The van der Waals surface area contributed by atoms with Gasteiger partial charge in [0, 0.05) is 19.3 Å². The number of unbranched alkanes of at least 4 members (excludes halogenated alkanes) is 13. The van der Waals surface area contributed by atoms with E-state index in [9.17, 15) is 14.0 Å². The number of halogens is 1. The lowest BCUT2D eigenvalue weighted by atomic mass is 10.0. The van der Waals surface area contributed by atoms with Crippen molar-refractivity contribution in [3.63, 3.8) is 0 Å². The van der Waals surface area contributed by atoms with Crippen molar-refractivity contribution in [1.29, 1.82) is 0 Å². The van der Waals surface area contributed by atoms with Crippen molar-refractivity contribution in [3.8, 4) is 0 Å². The third-order valence-electron chi connectivity index (χ3n) is 6.09. The first-order valence-corrected chi connectivity index (χ1v) is 13.7. The van der Waals surface area contributed by atoms with Crippen molar-refractivity contribution < 1.29 is 23.5 Å². The van der Waals surface area contributed by atoms with Crippen LogP contribution in [0.4, 0.5) is 4.39 Å². The Bertz CT molecular complexity index is 630. The molecule has 0 unspecified atom stereocenters. The van der Waals surface area contributed by atoms with Crippen LogP contribution in [0.1, 0.15) is 122 Å². The molecule has 1 aromatic rings. The highest BCUT2D eigenvalue weighted by Gasteiger charge is 2.07. The summed E-state index contributed by atoms with van der Waals surface area (Å²) in [5, 5.41) is 0. The van der Waals surface area contributed by atoms with Gasteiger partial charge in [-0.1, -0.05) is 103 Å². The summed E-state index contributed by atoms with van der Waals surface area (Å²) in [4.78, 5) is 23.5. The highest BCUT2D eigenvalue weighted by molar-refractivity contribution is 5.72. The maximum Gasteiger partial charge on any atom is 0.305 e. The fourth-order valence-corrected chi connectivity index (χ4v) is 3.94. The molecule has 0 aromatic heterocycles. The second-order valence-corrected chi connectivity index (χ2v) is 9.27. The Morgan fingerprint density at radius 2 is 1.06 bits per heavy atom. The van der Waals surface area contributed by atoms with Crippen molar-refractivity contribution >= 4 is 11.9 Å². The van der Waals surface area contributed by atoms with E-state index in [1.807, 2.05) is 0 Å². The van der Waals surface area contributed by atoms with E-state index in [0.717, 1.165) is 18.4 Å². The van der Waals surface area contributed by atoms with Gasteiger partial charge in [-0.2, -0.15) is 0 Å². The molecule has 0 amide bonds. The molecule has 34 heavy (non-hydrogen) atoms. The molecule has 0 aliphatic carbocycles. The number of hydrogen-bond donors (Lipinski definition) is 0. The van der Waals surface area contributed by atoms with E-state index in [2.05, 4.69) is 6.92 Å². The smallest absolute Gasteiger partial charge is 0.305 e. The number of carbonyl (C=O) groups is 2. The molecule has 0 saturated heterocycles. The molecule has 0 radical (unpaired) electrons. The van der Waals surface area contributed by atoms with E-state index in [1.54, 1.807) is 12.1 Å². The largest absolute Gasteiger partial charge is 0.466 e. The molecule has 0 N–H and O–H groups in total. The summed E-state index contributed by atoms with van der Waals surface area (Å²) in [5.41, 5.74) is 0.918. The van der Waals surface area contributed by atoms with E-state index in [-0.39, 0.29) is 37.2 Å². The van der Waals surface area contributed by atoms with Gasteiger partial charge in [-0.15, -0.1) is 0 Å². The SMILES string of the molecule is CCCCCCCCCCCCCCCCOC(=O)CCCC(=O)OCCc1ccc(F)cc1. The molecule has 1 rings (SSSR count). The number of carbonyl (C=O) groups excluding carboxylic acids is 2. The molecule has 1 aromatic carbocycles. The summed E-state index contributed by atoms with van der Waals surface area (Å²) in [6.07, 6.45) is 19.7. The minimum absolute atomic E-state index is 0.206. The van der Waals surface area contributed by atoms with Gasteiger partial charge < -0.3 is 9.47 Å². The topological polar surface area (TPSA) is 52.6 Å². The van der Waals surface area contributed by atoms with Crippen LogP contribution in [0, 0.1) is 5.82 Å². The van der Waals surface area contributed by atoms with Crippen molar-refractivity contribution in [2.45, 2.75) is 122 Å². The van der Waals surface area contributed by atoms with Crippen LogP contribution in [0.15, 0.2) is 24.3 Å². The van der Waals surface area contributed by atoms with Crippen LogP contribution in [0.5, 0.6) is 0 Å². The van der Waals surface area contributed by atoms with E-state index in [4.69, 9.17) is 9.47 Å². The Morgan fingerprint density at radius 3 is 1.56 bits per heavy atom. The number of esters is 2. The van der Waals surface area contributed by atoms with Gasteiger partial charge in [0.1, 0.15) is 5.82 Å². The molecule has 0 aliphatic heterocycles. The maximum absolute atomic E-state index is 12.9. The zero-order valence-electron chi connectivity index (χ0n) is 21.5. The molecule has 4 nitrogen and oxygen atoms in total. The Hall–Kier alpha value is -1.91. The molecule has 194 valence electrons. The second kappa shape index (κ2) is 21.6. The zero-order valence-corrected chi connectivity index (χ0v) is 21.5. The third-order valence-corrected chi connectivity index (χ3v) is 6.09. The molecule has 0 aliphatic rings. The van der Waals surface area contributed by atoms with Crippen molar-refractivity contribution in [1.82, 2.24) is 0 Å². The van der Waals surface area contributed by atoms with Gasteiger partial charge in [0.2, 0.25) is 0 Å². The molecular formula is C29H47FO4. The molecule has 0 fully saturated rings. The third kappa shape index (κ3) is 18.5. The Labute approximate surface area is 207 Å². The van der Waals surface area contributed by atoms with Gasteiger partial charge in [0.25, 0.3) is 0 Å². The highest BCUT2D eigenvalue weighted by atomic mass is 19.1. The lowest BCUT2D eigenvalue weighted by Crippen LogP contribution is -2.10. The van der Waals surface area contributed by atoms with Gasteiger partial charge in [-0.05, 0) is 30.5 Å². The first kappa shape index (κ1) is 30.1. The van der Waals surface area contributed by atoms with Crippen molar-refractivity contribution in [2.75, 3.05) is 13.2 Å². The first-order valence-electron chi connectivity index (χ1n) is 13.7. The van der Waals surface area contributed by atoms with Gasteiger partial charge in [0.15, 0.2) is 0 Å². The summed E-state index contributed by atoms with van der Waals surface area (Å²) in [6.45, 7) is 2.99. The molecule has 0 atom stereocenters. The fourth-order valence-electron chi connectivity index (χ4n) is 3.94. The van der Waals surface area contributed by atoms with Gasteiger partial charge in [-0.25, -0.2) is 4.39 Å². The number of hydrogen-bond acceptors (Lipinski definition) is 4. The Morgan fingerprint density at radius 1 is 0.618 bits per heavy atom. The normalized spacial score (nSPS) is 10.9. The predicted molar refractivity (Wildman–Crippen MR) is 136 cm³/mol. The summed E-state index contributed by atoms with van der Waals surface area (Å²) >= 11 is 0. The summed E-state index contributed by atoms with van der Waals surface area (Å²) in [7, 11) is 0. The van der Waals surface area contributed by atoms with Crippen LogP contribution in [0.25, 0.3) is 0 Å². The number of benzene rings is 1. The van der Waals surface area contributed by atoms with E-state index in [1.165, 1.54) is 89.2 Å². The van der Waals surface area contributed by atoms with Crippen LogP contribution in [-0.4, -0.2) is 25.2 Å². The molecule has 0 heterocycles. The monoisotopic (exact) mass is 478 g/mol. The molecule has 0 saturated carbocycles. The first-order chi connectivity index (χ1) is 16.6. The van der Waals surface area contributed by atoms with Gasteiger partial charge in [0.05, 0.1) is 13.2 Å². The van der Waals surface area contributed by atoms with Gasteiger partial charge >= 0.3 is 11.9 Å². The molecule has 5 heteroatoms. The molecular weight excluding hydrogens is 431 g/mol. The maximum atomic E-state index is 12.9. The lowest BCUT2D eigenvalue weighted by Gasteiger charge is -2.06. The number of rotatable bonds is 22. The summed E-state index contributed by atoms with van der Waals surface area (Å²) in [5.74, 6) is -0.840. The standard InChI is InChI=1S/C29H47FO4/c1-2-3-4-5-6-7-8-9-10-11-12-13-14-15-24-33-28(31)17-16-18-29(32)34-25-23-26-19-21-27(30)22-20-26/h19-22H,2-18,23-25H2,1H3. The van der Waals surface area contributed by atoms with Gasteiger partial charge in [-0.3, -0.25) is 9.59 Å². The van der Waals surface area contributed by atoms with Crippen molar-refractivity contribution in [2.24, 2.45) is 0 Å². The Kier molecular flexibility index (Phi) is 19.1. The van der Waals surface area contributed by atoms with Crippen LogP contribution >= 0.6 is 0 Å². The second-order valence-electron chi connectivity index (χ2n) is 9.27. The van der Waals surface area contributed by atoms with E-state index >= 15 is 0 Å². The quantitative estimate of drug-likeness (QED) is 0.125. The fraction of sp³-hybridized carbons (Fsp3) is 0.724. The van der Waals surface area contributed by atoms with E-state index < -0.39 is 0 Å². The average Bonchev–Trinajstić information content (AvgIpc) is 2.83. The summed E-state index contributed by atoms with van der Waals surface area (Å²) < 4.78 is 23.3. The van der Waals surface area contributed by atoms with E-state index in [0.29, 0.717) is 19.4 Å². The highest BCUT2D eigenvalue weighted by Crippen LogP contribution is 2.13. The van der Waals surface area contributed by atoms with Crippen molar-refractivity contribution in [3.05, 3.63) is 35.6 Å². The van der Waals surface area contributed by atoms with Crippen LogP contribution in [-0.2, 0) is 25.5 Å². The number of ether oxygens (including phenoxy) is 2. The van der Waals surface area contributed by atoms with Crippen LogP contribution in [0.3, 0.4) is 0 Å². The molecule has 0 spiro atoms. The summed E-state index contributed by atoms with van der Waals surface area (Å²) in [6, 6.07) is 6.14.